The van der Waals surface area contributed by atoms with E-state index in [9.17, 15) is 14.7 Å². The Morgan fingerprint density at radius 1 is 1.42 bits per heavy atom. The minimum Gasteiger partial charge on any atom is -0.481 e. The van der Waals surface area contributed by atoms with E-state index in [0.29, 0.717) is 30.5 Å². The average molecular weight is 263 g/mol. The Bertz CT molecular complexity index is 498. The first kappa shape index (κ1) is 13.5. The quantitative estimate of drug-likeness (QED) is 0.746. The van der Waals surface area contributed by atoms with Crippen molar-refractivity contribution in [3.63, 3.8) is 0 Å². The molecule has 0 radical (unpaired) electrons. The second-order valence-corrected chi connectivity index (χ2v) is 4.72. The Hall–Kier alpha value is -1.88. The van der Waals surface area contributed by atoms with E-state index < -0.39 is 12.1 Å². The molecule has 0 aromatic heterocycles. The third-order valence-electron chi connectivity index (χ3n) is 3.31. The van der Waals surface area contributed by atoms with Crippen LogP contribution in [0.2, 0.25) is 0 Å². The molecule has 0 spiro atoms. The summed E-state index contributed by atoms with van der Waals surface area (Å²) < 4.78 is 0. The number of fused-ring (bicyclic) bond motifs is 1. The van der Waals surface area contributed by atoms with Gasteiger partial charge in [0, 0.05) is 18.5 Å². The number of hydrogen-bond donors (Lipinski definition) is 3. The highest BCUT2D eigenvalue weighted by atomic mass is 16.4. The highest BCUT2D eigenvalue weighted by molar-refractivity contribution is 5.96. The average Bonchev–Trinajstić information content (AvgIpc) is 2.38. The molecule has 5 heteroatoms. The Kier molecular flexibility index (Phi) is 4.16. The van der Waals surface area contributed by atoms with Crippen LogP contribution in [-0.2, 0) is 11.2 Å². The van der Waals surface area contributed by atoms with Crippen LogP contribution >= 0.6 is 0 Å². The standard InChI is InChI=1S/C14H17NO4/c16-12(2-1-3-13(17)18)10-5-4-9-6-7-15-14(19)11(9)8-10/h4-5,8,12,16H,1-3,6-7H2,(H,15,19)(H,17,18)/t12-/m1/s1. The molecule has 102 valence electrons. The van der Waals surface area contributed by atoms with E-state index in [1.54, 1.807) is 6.07 Å². The van der Waals surface area contributed by atoms with E-state index in [2.05, 4.69) is 5.32 Å². The lowest BCUT2D eigenvalue weighted by molar-refractivity contribution is -0.137. The largest absolute Gasteiger partial charge is 0.481 e. The molecular weight excluding hydrogens is 246 g/mol. The van der Waals surface area contributed by atoms with E-state index in [1.807, 2.05) is 12.1 Å². The van der Waals surface area contributed by atoms with Gasteiger partial charge in [-0.2, -0.15) is 0 Å². The number of amides is 1. The Labute approximate surface area is 111 Å². The molecule has 0 unspecified atom stereocenters. The van der Waals surface area contributed by atoms with Crippen molar-refractivity contribution in [2.45, 2.75) is 31.8 Å². The number of carboxylic acids is 1. The summed E-state index contributed by atoms with van der Waals surface area (Å²) in [6.07, 6.45) is 0.921. The van der Waals surface area contributed by atoms with Crippen molar-refractivity contribution < 1.29 is 19.8 Å². The Morgan fingerprint density at radius 3 is 2.95 bits per heavy atom. The van der Waals surface area contributed by atoms with Crippen LogP contribution in [0.25, 0.3) is 0 Å². The second kappa shape index (κ2) is 5.84. The molecule has 0 saturated heterocycles. The molecule has 0 bridgehead atoms. The van der Waals surface area contributed by atoms with Crippen molar-refractivity contribution in [1.29, 1.82) is 0 Å². The third-order valence-corrected chi connectivity index (χ3v) is 3.31. The predicted molar refractivity (Wildman–Crippen MR) is 68.9 cm³/mol. The highest BCUT2D eigenvalue weighted by Crippen LogP contribution is 2.23. The lowest BCUT2D eigenvalue weighted by Gasteiger charge is -2.19. The van der Waals surface area contributed by atoms with Crippen LogP contribution < -0.4 is 5.32 Å². The molecule has 1 heterocycles. The smallest absolute Gasteiger partial charge is 0.303 e. The van der Waals surface area contributed by atoms with Crippen LogP contribution in [0, 0.1) is 0 Å². The maximum atomic E-state index is 11.7. The first-order chi connectivity index (χ1) is 9.08. The van der Waals surface area contributed by atoms with Crippen LogP contribution in [-0.4, -0.2) is 28.6 Å². The van der Waals surface area contributed by atoms with Crippen LogP contribution in [0.1, 0.15) is 46.9 Å². The van der Waals surface area contributed by atoms with Crippen LogP contribution in [0.5, 0.6) is 0 Å². The zero-order chi connectivity index (χ0) is 13.8. The summed E-state index contributed by atoms with van der Waals surface area (Å²) in [4.78, 5) is 22.1. The zero-order valence-electron chi connectivity index (χ0n) is 10.6. The van der Waals surface area contributed by atoms with Crippen molar-refractivity contribution >= 4 is 11.9 Å². The molecule has 0 aliphatic carbocycles. The molecule has 5 nitrogen and oxygen atoms in total. The maximum Gasteiger partial charge on any atom is 0.303 e. The molecule has 1 aliphatic heterocycles. The predicted octanol–water partition coefficient (Wildman–Crippen LogP) is 1.26. The molecule has 1 aromatic carbocycles. The normalized spacial score (nSPS) is 15.5. The van der Waals surface area contributed by atoms with Gasteiger partial charge in [-0.05, 0) is 36.5 Å². The topological polar surface area (TPSA) is 86.6 Å². The third kappa shape index (κ3) is 3.32. The van der Waals surface area contributed by atoms with Gasteiger partial charge >= 0.3 is 5.97 Å². The van der Waals surface area contributed by atoms with Gasteiger partial charge in [-0.15, -0.1) is 0 Å². The zero-order valence-corrected chi connectivity index (χ0v) is 10.6. The first-order valence-electron chi connectivity index (χ1n) is 6.39. The SMILES string of the molecule is O=C(O)CCC[C@@H](O)c1ccc2c(c1)C(=O)NCC2. The summed E-state index contributed by atoms with van der Waals surface area (Å²) in [7, 11) is 0. The number of aliphatic hydroxyl groups is 1. The van der Waals surface area contributed by atoms with Crippen LogP contribution in [0.15, 0.2) is 18.2 Å². The second-order valence-electron chi connectivity index (χ2n) is 4.72. The minimum atomic E-state index is -0.864. The fraction of sp³-hybridized carbons (Fsp3) is 0.429. The fourth-order valence-corrected chi connectivity index (χ4v) is 2.25. The number of rotatable bonds is 5. The van der Waals surface area contributed by atoms with E-state index in [-0.39, 0.29) is 12.3 Å². The van der Waals surface area contributed by atoms with Crippen molar-refractivity contribution in [3.05, 3.63) is 34.9 Å². The summed E-state index contributed by atoms with van der Waals surface area (Å²) in [6, 6.07) is 5.38. The van der Waals surface area contributed by atoms with E-state index in [1.165, 1.54) is 0 Å². The summed E-state index contributed by atoms with van der Waals surface area (Å²) in [6.45, 7) is 0.645. The molecule has 1 atom stereocenters. The minimum absolute atomic E-state index is 0.0441. The van der Waals surface area contributed by atoms with Gasteiger partial charge in [0.25, 0.3) is 5.91 Å². The monoisotopic (exact) mass is 263 g/mol. The molecule has 0 saturated carbocycles. The van der Waals surface area contributed by atoms with E-state index >= 15 is 0 Å². The summed E-state index contributed by atoms with van der Waals surface area (Å²) in [5.74, 6) is -0.974. The molecule has 3 N–H and O–H groups in total. The highest BCUT2D eigenvalue weighted by Gasteiger charge is 2.18. The number of nitrogens with one attached hydrogen (secondary N) is 1. The van der Waals surface area contributed by atoms with Crippen molar-refractivity contribution in [2.24, 2.45) is 0 Å². The molecule has 19 heavy (non-hydrogen) atoms. The molecule has 1 aliphatic rings. The van der Waals surface area contributed by atoms with Gasteiger partial charge in [-0.3, -0.25) is 9.59 Å². The first-order valence-corrected chi connectivity index (χ1v) is 6.39. The molecular formula is C14H17NO4. The van der Waals surface area contributed by atoms with E-state index in [4.69, 9.17) is 5.11 Å². The molecule has 1 aromatic rings. The Balaban J connectivity index is 2.06. The van der Waals surface area contributed by atoms with Crippen molar-refractivity contribution in [2.75, 3.05) is 6.54 Å². The molecule has 1 amide bonds. The van der Waals surface area contributed by atoms with Gasteiger partial charge in [-0.1, -0.05) is 12.1 Å². The molecule has 2 rings (SSSR count). The maximum absolute atomic E-state index is 11.7. The van der Waals surface area contributed by atoms with Crippen LogP contribution in [0.3, 0.4) is 0 Å². The van der Waals surface area contributed by atoms with Crippen LogP contribution in [0.4, 0.5) is 0 Å². The van der Waals surface area contributed by atoms with Crippen molar-refractivity contribution in [3.8, 4) is 0 Å². The lowest BCUT2D eigenvalue weighted by Crippen LogP contribution is -2.31. The number of benzene rings is 1. The fourth-order valence-electron chi connectivity index (χ4n) is 2.25. The number of carbonyl (C=O) groups is 2. The summed E-state index contributed by atoms with van der Waals surface area (Å²) in [5.41, 5.74) is 2.27. The lowest BCUT2D eigenvalue weighted by atomic mass is 9.94. The number of hydrogen-bond acceptors (Lipinski definition) is 3. The number of aliphatic hydroxyl groups excluding tert-OH is 1. The summed E-state index contributed by atoms with van der Waals surface area (Å²) >= 11 is 0. The van der Waals surface area contributed by atoms with Gasteiger partial charge in [0.05, 0.1) is 6.10 Å². The van der Waals surface area contributed by atoms with Gasteiger partial charge in [0.15, 0.2) is 0 Å². The summed E-state index contributed by atoms with van der Waals surface area (Å²) in [5, 5.41) is 21.3. The van der Waals surface area contributed by atoms with Gasteiger partial charge < -0.3 is 15.5 Å². The number of aliphatic carboxylic acids is 1. The number of carboxylic acid groups (broad SMARTS) is 1. The van der Waals surface area contributed by atoms with E-state index in [0.717, 1.165) is 12.0 Å². The van der Waals surface area contributed by atoms with Gasteiger partial charge in [0.2, 0.25) is 0 Å². The van der Waals surface area contributed by atoms with Crippen molar-refractivity contribution in [1.82, 2.24) is 5.32 Å². The van der Waals surface area contributed by atoms with Gasteiger partial charge in [-0.25, -0.2) is 0 Å². The molecule has 0 fully saturated rings. The number of carbonyl (C=O) groups excluding carboxylic acids is 1. The van der Waals surface area contributed by atoms with Gasteiger partial charge in [0.1, 0.15) is 0 Å². The Morgan fingerprint density at radius 2 is 2.21 bits per heavy atom.